The standard InChI is InChI=1S/C43H37NO4/c1-25(2)29-18-12-20-31-32(22-29)34(42(45)47-5)24-33(31)41-39(38-35-23-30(26(3)4)19-13-21-36(35)48-43(38)46)37(27-14-8-6-9-15-27)40(44-41)28-16-10-7-11-17-28/h6-26,44H,1-5H3. The number of nitrogens with one attached hydrogen (secondary N) is 1. The van der Waals surface area contributed by atoms with Crippen LogP contribution in [0.25, 0.3) is 67.2 Å². The van der Waals surface area contributed by atoms with Crippen molar-refractivity contribution < 1.29 is 13.9 Å². The fourth-order valence-corrected chi connectivity index (χ4v) is 6.67. The van der Waals surface area contributed by atoms with Crippen LogP contribution in [0.4, 0.5) is 0 Å². The first kappa shape index (κ1) is 30.9. The normalized spacial score (nSPS) is 11.6. The summed E-state index contributed by atoms with van der Waals surface area (Å²) in [6.45, 7) is 8.55. The van der Waals surface area contributed by atoms with Gasteiger partial charge in [-0.05, 0) is 63.4 Å². The Morgan fingerprint density at radius 2 is 1.21 bits per heavy atom. The van der Waals surface area contributed by atoms with E-state index >= 15 is 0 Å². The molecule has 0 fully saturated rings. The molecule has 3 aromatic rings. The van der Waals surface area contributed by atoms with Crippen LogP contribution in [0.3, 0.4) is 0 Å². The Kier molecular flexibility index (Phi) is 8.06. The maximum atomic E-state index is 14.2. The summed E-state index contributed by atoms with van der Waals surface area (Å²) in [4.78, 5) is 31.3. The van der Waals surface area contributed by atoms with E-state index in [4.69, 9.17) is 9.15 Å². The summed E-state index contributed by atoms with van der Waals surface area (Å²) >= 11 is 0. The van der Waals surface area contributed by atoms with Gasteiger partial charge in [0.1, 0.15) is 5.76 Å². The monoisotopic (exact) mass is 631 g/mol. The quantitative estimate of drug-likeness (QED) is 0.178. The maximum Gasteiger partial charge on any atom is 0.345 e. The van der Waals surface area contributed by atoms with Gasteiger partial charge in [0.05, 0.1) is 29.6 Å². The fraction of sp³-hybridized carbons (Fsp3) is 0.163. The number of H-pyrrole nitrogens is 1. The minimum atomic E-state index is -0.418. The van der Waals surface area contributed by atoms with Gasteiger partial charge >= 0.3 is 11.6 Å². The molecule has 1 aliphatic heterocycles. The van der Waals surface area contributed by atoms with Crippen LogP contribution in [-0.2, 0) is 4.74 Å². The number of carbonyl (C=O) groups is 1. The Morgan fingerprint density at radius 1 is 0.604 bits per heavy atom. The number of hydrogen-bond donors (Lipinski definition) is 1. The Morgan fingerprint density at radius 3 is 1.83 bits per heavy atom. The second kappa shape index (κ2) is 12.5. The molecule has 0 saturated heterocycles. The Bertz CT molecular complexity index is 2260. The van der Waals surface area contributed by atoms with E-state index in [1.807, 2.05) is 66.7 Å². The molecule has 4 aliphatic rings. The lowest BCUT2D eigenvalue weighted by Crippen LogP contribution is -2.00. The number of aromatic nitrogens is 1. The van der Waals surface area contributed by atoms with E-state index < -0.39 is 11.6 Å². The highest BCUT2D eigenvalue weighted by Gasteiger charge is 2.32. The van der Waals surface area contributed by atoms with E-state index in [1.54, 1.807) is 0 Å². The molecule has 0 unspecified atom stereocenters. The summed E-state index contributed by atoms with van der Waals surface area (Å²) in [5, 5.41) is 0. The lowest BCUT2D eigenvalue weighted by molar-refractivity contribution is 0.0602. The van der Waals surface area contributed by atoms with Crippen molar-refractivity contribution in [1.29, 1.82) is 0 Å². The molecule has 5 heteroatoms. The first-order valence-corrected chi connectivity index (χ1v) is 16.4. The fourth-order valence-electron chi connectivity index (χ4n) is 6.67. The Balaban J connectivity index is 1.66. The van der Waals surface area contributed by atoms with Crippen molar-refractivity contribution in [2.24, 2.45) is 0 Å². The van der Waals surface area contributed by atoms with Gasteiger partial charge in [0, 0.05) is 22.3 Å². The summed E-state index contributed by atoms with van der Waals surface area (Å²) in [5.74, 6) is 0.578. The maximum absolute atomic E-state index is 14.2. The molecule has 0 radical (unpaired) electrons. The molecule has 3 aliphatic carbocycles. The zero-order valence-corrected chi connectivity index (χ0v) is 27.8. The SMILES string of the molecule is COC(=O)c1cc(-c2[nH]c(-c3ccccc3)c(-c3ccccc3)c2-c2c3cc(C(C)C)cccc-3oc2=O)c2cccc(C(C)C)cc1-2. The Hall–Kier alpha value is -5.68. The number of fused-ring (bicyclic) bond motifs is 2. The minimum absolute atomic E-state index is 0.231. The second-order valence-electron chi connectivity index (χ2n) is 12.8. The summed E-state index contributed by atoms with van der Waals surface area (Å²) in [6, 6.07) is 38.3. The molecule has 7 rings (SSSR count). The second-order valence-corrected chi connectivity index (χ2v) is 12.8. The number of aromatic amines is 1. The van der Waals surface area contributed by atoms with Crippen molar-refractivity contribution in [3.63, 3.8) is 0 Å². The van der Waals surface area contributed by atoms with Crippen molar-refractivity contribution in [2.75, 3.05) is 7.11 Å². The summed E-state index contributed by atoms with van der Waals surface area (Å²) in [7, 11) is 1.40. The zero-order valence-electron chi connectivity index (χ0n) is 27.8. The lowest BCUT2D eigenvalue weighted by Gasteiger charge is -2.10. The van der Waals surface area contributed by atoms with Crippen LogP contribution in [0.5, 0.6) is 0 Å². The smallest absolute Gasteiger partial charge is 0.345 e. The third-order valence-corrected chi connectivity index (χ3v) is 9.19. The van der Waals surface area contributed by atoms with Crippen molar-refractivity contribution in [3.8, 4) is 67.2 Å². The number of ether oxygens (including phenoxy) is 1. The predicted molar refractivity (Wildman–Crippen MR) is 194 cm³/mol. The molecule has 48 heavy (non-hydrogen) atoms. The van der Waals surface area contributed by atoms with E-state index in [0.717, 1.165) is 67.0 Å². The molecule has 0 amide bonds. The Labute approximate surface area is 280 Å². The molecule has 0 atom stereocenters. The number of carbonyl (C=O) groups excluding carboxylic acids is 1. The number of rotatable bonds is 7. The van der Waals surface area contributed by atoms with E-state index in [1.165, 1.54) is 7.11 Å². The van der Waals surface area contributed by atoms with Crippen LogP contribution in [-0.4, -0.2) is 18.1 Å². The molecular weight excluding hydrogens is 594 g/mol. The summed E-state index contributed by atoms with van der Waals surface area (Å²) in [6.07, 6.45) is 0. The van der Waals surface area contributed by atoms with Gasteiger partial charge in [0.15, 0.2) is 0 Å². The average molecular weight is 632 g/mol. The van der Waals surface area contributed by atoms with Crippen LogP contribution in [0.1, 0.15) is 61.0 Å². The van der Waals surface area contributed by atoms with Crippen LogP contribution >= 0.6 is 0 Å². The van der Waals surface area contributed by atoms with Crippen LogP contribution in [0, 0.1) is 0 Å². The predicted octanol–water partition coefficient (Wildman–Crippen LogP) is 10.9. The number of methoxy groups -OCH3 is 1. The van der Waals surface area contributed by atoms with E-state index in [9.17, 15) is 9.59 Å². The highest BCUT2D eigenvalue weighted by Crippen LogP contribution is 2.51. The highest BCUT2D eigenvalue weighted by atomic mass is 16.5. The van der Waals surface area contributed by atoms with Crippen LogP contribution < -0.4 is 5.63 Å². The number of hydrogen-bond acceptors (Lipinski definition) is 4. The molecule has 238 valence electrons. The third-order valence-electron chi connectivity index (χ3n) is 9.19. The summed E-state index contributed by atoms with van der Waals surface area (Å²) < 4.78 is 11.3. The van der Waals surface area contributed by atoms with E-state index in [0.29, 0.717) is 16.9 Å². The van der Waals surface area contributed by atoms with Gasteiger partial charge in [-0.25, -0.2) is 9.59 Å². The average Bonchev–Trinajstić information content (AvgIpc) is 3.61. The molecule has 0 saturated carbocycles. The van der Waals surface area contributed by atoms with Gasteiger partial charge in [-0.1, -0.05) is 125 Å². The van der Waals surface area contributed by atoms with Gasteiger partial charge in [-0.3, -0.25) is 0 Å². The van der Waals surface area contributed by atoms with Gasteiger partial charge in [0.25, 0.3) is 0 Å². The molecule has 2 heterocycles. The molecule has 0 bridgehead atoms. The zero-order chi connectivity index (χ0) is 33.5. The molecule has 0 spiro atoms. The molecular formula is C43H37NO4. The van der Waals surface area contributed by atoms with E-state index in [-0.39, 0.29) is 11.8 Å². The van der Waals surface area contributed by atoms with Crippen molar-refractivity contribution in [3.05, 3.63) is 142 Å². The third kappa shape index (κ3) is 5.31. The molecule has 1 aromatic heterocycles. The summed E-state index contributed by atoms with van der Waals surface area (Å²) in [5.41, 5.74) is 11.0. The highest BCUT2D eigenvalue weighted by molar-refractivity contribution is 6.10. The van der Waals surface area contributed by atoms with Crippen molar-refractivity contribution in [2.45, 2.75) is 39.5 Å². The number of esters is 1. The molecule has 5 nitrogen and oxygen atoms in total. The van der Waals surface area contributed by atoms with Crippen LogP contribution in [0.15, 0.2) is 124 Å². The van der Waals surface area contributed by atoms with Crippen molar-refractivity contribution in [1.82, 2.24) is 4.98 Å². The number of furan rings is 1. The topological polar surface area (TPSA) is 72.3 Å². The van der Waals surface area contributed by atoms with Gasteiger partial charge in [0.2, 0.25) is 0 Å². The van der Waals surface area contributed by atoms with Gasteiger partial charge < -0.3 is 14.1 Å². The lowest BCUT2D eigenvalue weighted by atomic mass is 9.89. The first-order chi connectivity index (χ1) is 23.3. The number of benzene rings is 2. The van der Waals surface area contributed by atoms with E-state index in [2.05, 4.69) is 81.2 Å². The largest absolute Gasteiger partial charge is 0.465 e. The first-order valence-electron chi connectivity index (χ1n) is 16.4. The minimum Gasteiger partial charge on any atom is -0.465 e. The van der Waals surface area contributed by atoms with Crippen LogP contribution in [0.2, 0.25) is 0 Å². The molecule has 1 N–H and O–H groups in total. The van der Waals surface area contributed by atoms with Gasteiger partial charge in [-0.2, -0.15) is 0 Å². The van der Waals surface area contributed by atoms with Crippen molar-refractivity contribution >= 4 is 5.97 Å². The molecule has 2 aromatic carbocycles. The van der Waals surface area contributed by atoms with Gasteiger partial charge in [-0.15, -0.1) is 0 Å².